The summed E-state index contributed by atoms with van der Waals surface area (Å²) < 4.78 is 11.7. The molecule has 2 saturated heterocycles. The highest BCUT2D eigenvalue weighted by atomic mass is 16.5. The van der Waals surface area contributed by atoms with E-state index in [4.69, 9.17) is 9.15 Å². The van der Waals surface area contributed by atoms with Crippen molar-refractivity contribution in [2.45, 2.75) is 12.8 Å². The number of quaternary nitrogens is 2. The maximum atomic E-state index is 12.6. The Morgan fingerprint density at radius 3 is 2.40 bits per heavy atom. The number of amides is 1. The highest BCUT2D eigenvalue weighted by Gasteiger charge is 2.25. The number of piperazine rings is 1. The summed E-state index contributed by atoms with van der Waals surface area (Å²) in [6.07, 6.45) is 2.77. The molecule has 30 heavy (non-hydrogen) atoms. The number of hydrogen-bond donors (Lipinski definition) is 2. The number of para-hydroxylation sites is 1. The van der Waals surface area contributed by atoms with Crippen molar-refractivity contribution < 1.29 is 23.7 Å². The molecule has 0 spiro atoms. The van der Waals surface area contributed by atoms with Gasteiger partial charge in [0.2, 0.25) is 0 Å². The van der Waals surface area contributed by atoms with Crippen LogP contribution >= 0.6 is 0 Å². The molecule has 1 amide bonds. The number of ether oxygens (including phenoxy) is 1. The Morgan fingerprint density at radius 1 is 0.900 bits per heavy atom. The van der Waals surface area contributed by atoms with Crippen LogP contribution in [0.1, 0.15) is 12.8 Å². The molecule has 0 saturated carbocycles. The van der Waals surface area contributed by atoms with E-state index in [2.05, 4.69) is 0 Å². The second-order valence-electron chi connectivity index (χ2n) is 8.63. The summed E-state index contributed by atoms with van der Waals surface area (Å²) in [5, 5.41) is 2.09. The molecule has 2 aliphatic rings. The van der Waals surface area contributed by atoms with Crippen molar-refractivity contribution in [2.75, 3.05) is 59.0 Å². The van der Waals surface area contributed by atoms with Crippen molar-refractivity contribution in [3.8, 4) is 5.75 Å². The number of likely N-dealkylation sites (tertiary alicyclic amines) is 1. The molecular formula is C24H31N3O3+2. The van der Waals surface area contributed by atoms with Crippen LogP contribution in [0.4, 0.5) is 0 Å². The summed E-state index contributed by atoms with van der Waals surface area (Å²) in [6.45, 7) is 9.04. The summed E-state index contributed by atoms with van der Waals surface area (Å²) >= 11 is 0. The lowest BCUT2D eigenvalue weighted by molar-refractivity contribution is -0.954. The van der Waals surface area contributed by atoms with Gasteiger partial charge in [0.15, 0.2) is 6.61 Å². The van der Waals surface area contributed by atoms with Gasteiger partial charge in [-0.25, -0.2) is 0 Å². The summed E-state index contributed by atoms with van der Waals surface area (Å²) in [6, 6.07) is 13.7. The predicted molar refractivity (Wildman–Crippen MR) is 116 cm³/mol. The minimum atomic E-state index is 0.0800. The molecule has 0 aliphatic carbocycles. The highest BCUT2D eigenvalue weighted by Crippen LogP contribution is 2.31. The van der Waals surface area contributed by atoms with E-state index in [9.17, 15) is 4.79 Å². The number of hydrogen-bond acceptors (Lipinski definition) is 3. The van der Waals surface area contributed by atoms with Gasteiger partial charge in [-0.2, -0.15) is 0 Å². The fraction of sp³-hybridized carbons (Fsp3) is 0.458. The first kappa shape index (κ1) is 19.4. The fourth-order valence-electron chi connectivity index (χ4n) is 4.83. The average Bonchev–Trinajstić information content (AvgIpc) is 3.44. The second kappa shape index (κ2) is 8.66. The Hall–Kier alpha value is -2.57. The van der Waals surface area contributed by atoms with Crippen LogP contribution in [0.15, 0.2) is 46.9 Å². The van der Waals surface area contributed by atoms with Crippen molar-refractivity contribution in [1.29, 1.82) is 0 Å². The van der Waals surface area contributed by atoms with Gasteiger partial charge in [0.1, 0.15) is 30.0 Å². The molecule has 0 unspecified atom stereocenters. The van der Waals surface area contributed by atoms with E-state index in [1.165, 1.54) is 39.0 Å². The van der Waals surface area contributed by atoms with Crippen LogP contribution in [-0.4, -0.2) is 69.8 Å². The normalized spacial score (nSPS) is 18.5. The van der Waals surface area contributed by atoms with Crippen molar-refractivity contribution in [2.24, 2.45) is 0 Å². The monoisotopic (exact) mass is 409 g/mol. The molecule has 2 aliphatic heterocycles. The molecule has 2 fully saturated rings. The van der Waals surface area contributed by atoms with Gasteiger partial charge in [0.05, 0.1) is 39.3 Å². The fourth-order valence-corrected chi connectivity index (χ4v) is 4.83. The second-order valence-corrected chi connectivity index (χ2v) is 8.63. The summed E-state index contributed by atoms with van der Waals surface area (Å²) in [7, 11) is 0. The molecule has 6 heteroatoms. The van der Waals surface area contributed by atoms with Crippen LogP contribution in [-0.2, 0) is 4.79 Å². The van der Waals surface area contributed by atoms with E-state index >= 15 is 0 Å². The number of carbonyl (C=O) groups excluding carboxylic acids is 1. The third-order valence-corrected chi connectivity index (χ3v) is 6.68. The van der Waals surface area contributed by atoms with Crippen LogP contribution in [0.3, 0.4) is 0 Å². The Balaban J connectivity index is 1.12. The molecular weight excluding hydrogens is 378 g/mol. The smallest absolute Gasteiger partial charge is 0.260 e. The zero-order valence-electron chi connectivity index (χ0n) is 17.5. The number of furan rings is 1. The number of benzene rings is 2. The van der Waals surface area contributed by atoms with Gasteiger partial charge in [-0.1, -0.05) is 18.2 Å². The molecule has 0 radical (unpaired) electrons. The maximum absolute atomic E-state index is 12.6. The minimum absolute atomic E-state index is 0.0800. The lowest BCUT2D eigenvalue weighted by Crippen LogP contribution is -3.21. The molecule has 2 aromatic carbocycles. The van der Waals surface area contributed by atoms with Gasteiger partial charge in [0.25, 0.3) is 5.91 Å². The van der Waals surface area contributed by atoms with E-state index < -0.39 is 0 Å². The summed E-state index contributed by atoms with van der Waals surface area (Å²) in [4.78, 5) is 18.0. The van der Waals surface area contributed by atoms with Crippen molar-refractivity contribution >= 4 is 27.8 Å². The zero-order chi connectivity index (χ0) is 20.3. The molecule has 3 aromatic rings. The number of carbonyl (C=O) groups is 1. The maximum Gasteiger partial charge on any atom is 0.260 e. The van der Waals surface area contributed by atoms with Gasteiger partial charge >= 0.3 is 0 Å². The standard InChI is InChI=1S/C24H29N3O3/c28-24(27-15-13-26(14-16-27)12-11-25-9-3-4-10-25)18-29-19-7-8-23-21(17-19)20-5-1-2-6-22(20)30-23/h1-2,5-8,17H,3-4,9-16,18H2/p+2. The third-order valence-electron chi connectivity index (χ3n) is 6.68. The SMILES string of the molecule is O=C(COc1ccc2oc3ccccc3c2c1)N1CC[NH+](CC[NH+]2CCCC2)CC1. The summed E-state index contributed by atoms with van der Waals surface area (Å²) in [5.41, 5.74) is 1.71. The quantitative estimate of drug-likeness (QED) is 0.619. The van der Waals surface area contributed by atoms with Gasteiger partial charge in [-0.05, 0) is 24.3 Å². The molecule has 0 bridgehead atoms. The van der Waals surface area contributed by atoms with E-state index in [0.717, 1.165) is 48.1 Å². The molecule has 0 atom stereocenters. The Kier molecular flexibility index (Phi) is 5.60. The predicted octanol–water partition coefficient (Wildman–Crippen LogP) is 0.371. The van der Waals surface area contributed by atoms with Crippen molar-refractivity contribution in [3.05, 3.63) is 42.5 Å². The molecule has 2 N–H and O–H groups in total. The lowest BCUT2D eigenvalue weighted by Gasteiger charge is -2.32. The van der Waals surface area contributed by atoms with Gasteiger partial charge < -0.3 is 23.9 Å². The lowest BCUT2D eigenvalue weighted by atomic mass is 10.1. The third kappa shape index (κ3) is 4.16. The van der Waals surface area contributed by atoms with Gasteiger partial charge in [0, 0.05) is 23.6 Å². The molecule has 158 valence electrons. The van der Waals surface area contributed by atoms with Crippen LogP contribution in [0, 0.1) is 0 Å². The Morgan fingerprint density at radius 2 is 1.60 bits per heavy atom. The molecule has 6 nitrogen and oxygen atoms in total. The molecule has 5 rings (SSSR count). The first-order valence-electron chi connectivity index (χ1n) is 11.3. The van der Waals surface area contributed by atoms with Gasteiger partial charge in [-0.15, -0.1) is 0 Å². The highest BCUT2D eigenvalue weighted by molar-refractivity contribution is 6.05. The van der Waals surface area contributed by atoms with E-state index in [-0.39, 0.29) is 12.5 Å². The Labute approximate surface area is 177 Å². The van der Waals surface area contributed by atoms with E-state index in [1.54, 1.807) is 9.80 Å². The van der Waals surface area contributed by atoms with Crippen LogP contribution in [0.5, 0.6) is 5.75 Å². The van der Waals surface area contributed by atoms with Crippen LogP contribution in [0.25, 0.3) is 21.9 Å². The van der Waals surface area contributed by atoms with Crippen molar-refractivity contribution in [1.82, 2.24) is 4.90 Å². The van der Waals surface area contributed by atoms with Crippen LogP contribution in [0.2, 0.25) is 0 Å². The van der Waals surface area contributed by atoms with Crippen molar-refractivity contribution in [3.63, 3.8) is 0 Å². The van der Waals surface area contributed by atoms with Gasteiger partial charge in [-0.3, -0.25) is 4.79 Å². The summed E-state index contributed by atoms with van der Waals surface area (Å²) in [5.74, 6) is 0.789. The molecule has 3 heterocycles. The van der Waals surface area contributed by atoms with E-state index in [0.29, 0.717) is 5.75 Å². The number of rotatable bonds is 6. The number of nitrogens with one attached hydrogen (secondary N) is 2. The minimum Gasteiger partial charge on any atom is -0.484 e. The topological polar surface area (TPSA) is 51.6 Å². The number of nitrogens with zero attached hydrogens (tertiary/aromatic N) is 1. The number of fused-ring (bicyclic) bond motifs is 3. The first-order valence-corrected chi connectivity index (χ1v) is 11.3. The van der Waals surface area contributed by atoms with Crippen LogP contribution < -0.4 is 14.5 Å². The Bertz CT molecular complexity index is 1020. The molecule has 1 aromatic heterocycles. The van der Waals surface area contributed by atoms with E-state index in [1.807, 2.05) is 47.4 Å². The average molecular weight is 410 g/mol. The largest absolute Gasteiger partial charge is 0.484 e. The zero-order valence-corrected chi connectivity index (χ0v) is 17.5. The first-order chi connectivity index (χ1) is 14.8.